The quantitative estimate of drug-likeness (QED) is 0.434. The average molecular weight is 198 g/mol. The van der Waals surface area contributed by atoms with Crippen LogP contribution in [0.25, 0.3) is 0 Å². The average Bonchev–Trinajstić information content (AvgIpc) is 2.15. The van der Waals surface area contributed by atoms with Gasteiger partial charge in [0, 0.05) is 0 Å². The maximum atomic E-state index is 2.35. The zero-order valence-corrected chi connectivity index (χ0v) is 10.8. The molecular weight excluding hydrogens is 168 g/mol. The molecule has 0 N–H and O–H groups in total. The topological polar surface area (TPSA) is 0 Å². The molecule has 0 aromatic heterocycles. The minimum Gasteiger partial charge on any atom is -0.0654 e. The molecule has 0 heterocycles. The Morgan fingerprint density at radius 3 is 2.00 bits per heavy atom. The Morgan fingerprint density at radius 1 is 0.857 bits per heavy atom. The maximum absolute atomic E-state index is 2.35. The molecule has 0 aliphatic rings. The van der Waals surface area contributed by atoms with E-state index in [2.05, 4.69) is 27.7 Å². The third-order valence-corrected chi connectivity index (χ3v) is 3.10. The van der Waals surface area contributed by atoms with Gasteiger partial charge in [-0.25, -0.2) is 0 Å². The Morgan fingerprint density at radius 2 is 1.50 bits per heavy atom. The van der Waals surface area contributed by atoms with Crippen molar-refractivity contribution in [3.8, 4) is 0 Å². The minimum absolute atomic E-state index is 0.885. The van der Waals surface area contributed by atoms with Crippen molar-refractivity contribution >= 4 is 0 Å². The molecule has 0 amide bonds. The Kier molecular flexibility index (Phi) is 9.55. The van der Waals surface area contributed by atoms with E-state index in [0.29, 0.717) is 0 Å². The van der Waals surface area contributed by atoms with E-state index < -0.39 is 0 Å². The fourth-order valence-corrected chi connectivity index (χ4v) is 2.19. The highest BCUT2D eigenvalue weighted by atomic mass is 14.1. The van der Waals surface area contributed by atoms with Crippen LogP contribution in [0.2, 0.25) is 0 Å². The Labute approximate surface area is 91.5 Å². The molecular formula is C14H30. The fraction of sp³-hybridized carbons (Fsp3) is 1.00. The number of hydrogen-bond donors (Lipinski definition) is 0. The van der Waals surface area contributed by atoms with Gasteiger partial charge in [-0.3, -0.25) is 0 Å². The highest BCUT2D eigenvalue weighted by molar-refractivity contribution is 4.60. The molecule has 1 unspecified atom stereocenters. The molecule has 0 aliphatic heterocycles. The van der Waals surface area contributed by atoms with Gasteiger partial charge in [-0.2, -0.15) is 0 Å². The lowest BCUT2D eigenvalue weighted by Gasteiger charge is -2.16. The van der Waals surface area contributed by atoms with Crippen LogP contribution in [0.4, 0.5) is 0 Å². The van der Waals surface area contributed by atoms with Crippen molar-refractivity contribution in [2.45, 2.75) is 79.1 Å². The van der Waals surface area contributed by atoms with Gasteiger partial charge in [0.05, 0.1) is 0 Å². The molecule has 0 aromatic carbocycles. The second-order valence-corrected chi connectivity index (χ2v) is 5.11. The first-order valence-corrected chi connectivity index (χ1v) is 6.70. The Hall–Kier alpha value is 0. The minimum atomic E-state index is 0.885. The summed E-state index contributed by atoms with van der Waals surface area (Å²) in [5.74, 6) is 1.88. The predicted molar refractivity (Wildman–Crippen MR) is 66.6 cm³/mol. The van der Waals surface area contributed by atoms with Crippen LogP contribution in [0.15, 0.2) is 0 Å². The van der Waals surface area contributed by atoms with Crippen LogP contribution in [0.5, 0.6) is 0 Å². The van der Waals surface area contributed by atoms with Gasteiger partial charge in [0.1, 0.15) is 0 Å². The smallest absolute Gasteiger partial charge is 0.0414 e. The van der Waals surface area contributed by atoms with E-state index in [1.165, 1.54) is 51.4 Å². The summed E-state index contributed by atoms with van der Waals surface area (Å²) in [6, 6.07) is 0. The molecule has 14 heavy (non-hydrogen) atoms. The van der Waals surface area contributed by atoms with Crippen LogP contribution in [0.3, 0.4) is 0 Å². The lowest BCUT2D eigenvalue weighted by molar-refractivity contribution is 0.362. The molecule has 0 fully saturated rings. The molecule has 0 heteroatoms. The summed E-state index contributed by atoms with van der Waals surface area (Å²) in [6.45, 7) is 9.33. The predicted octanol–water partition coefficient (Wildman–Crippen LogP) is 5.42. The molecule has 0 saturated carbocycles. The molecule has 0 spiro atoms. The first kappa shape index (κ1) is 14.0. The second kappa shape index (κ2) is 9.55. The van der Waals surface area contributed by atoms with Crippen molar-refractivity contribution in [3.63, 3.8) is 0 Å². The lowest BCUT2D eigenvalue weighted by Crippen LogP contribution is -2.03. The van der Waals surface area contributed by atoms with Gasteiger partial charge in [0.25, 0.3) is 0 Å². The van der Waals surface area contributed by atoms with E-state index in [4.69, 9.17) is 0 Å². The maximum Gasteiger partial charge on any atom is -0.0414 e. The van der Waals surface area contributed by atoms with Crippen molar-refractivity contribution in [2.24, 2.45) is 11.8 Å². The van der Waals surface area contributed by atoms with Crippen LogP contribution >= 0.6 is 0 Å². The summed E-state index contributed by atoms with van der Waals surface area (Å²) in [4.78, 5) is 0. The van der Waals surface area contributed by atoms with Gasteiger partial charge in [-0.15, -0.1) is 0 Å². The summed E-state index contributed by atoms with van der Waals surface area (Å²) in [7, 11) is 0. The molecule has 0 nitrogen and oxygen atoms in total. The van der Waals surface area contributed by atoms with Gasteiger partial charge < -0.3 is 0 Å². The molecule has 0 saturated heterocycles. The molecule has 1 atom stereocenters. The van der Waals surface area contributed by atoms with Crippen LogP contribution < -0.4 is 0 Å². The van der Waals surface area contributed by atoms with E-state index in [0.717, 1.165) is 11.8 Å². The Balaban J connectivity index is 3.33. The highest BCUT2D eigenvalue weighted by Crippen LogP contribution is 2.21. The van der Waals surface area contributed by atoms with E-state index in [1.54, 1.807) is 0 Å². The number of rotatable bonds is 9. The fourth-order valence-electron chi connectivity index (χ4n) is 2.19. The molecule has 0 radical (unpaired) electrons. The van der Waals surface area contributed by atoms with E-state index >= 15 is 0 Å². The molecule has 0 aromatic rings. The van der Waals surface area contributed by atoms with Gasteiger partial charge >= 0.3 is 0 Å². The summed E-state index contributed by atoms with van der Waals surface area (Å²) in [6.07, 6.45) is 11.5. The summed E-state index contributed by atoms with van der Waals surface area (Å²) in [5, 5.41) is 0. The van der Waals surface area contributed by atoms with E-state index in [1.807, 2.05) is 0 Å². The third-order valence-electron chi connectivity index (χ3n) is 3.10. The zero-order chi connectivity index (χ0) is 10.8. The SMILES string of the molecule is CCCCCCCC(CC)CC(C)C. The Bertz CT molecular complexity index is 105. The lowest BCUT2D eigenvalue weighted by atomic mass is 9.90. The molecule has 86 valence electrons. The number of hydrogen-bond acceptors (Lipinski definition) is 0. The van der Waals surface area contributed by atoms with Gasteiger partial charge in [0.2, 0.25) is 0 Å². The van der Waals surface area contributed by atoms with Crippen molar-refractivity contribution in [2.75, 3.05) is 0 Å². The molecule has 0 bridgehead atoms. The third kappa shape index (κ3) is 8.59. The van der Waals surface area contributed by atoms with Gasteiger partial charge in [0.15, 0.2) is 0 Å². The van der Waals surface area contributed by atoms with Crippen molar-refractivity contribution < 1.29 is 0 Å². The van der Waals surface area contributed by atoms with Crippen molar-refractivity contribution in [3.05, 3.63) is 0 Å². The van der Waals surface area contributed by atoms with Gasteiger partial charge in [-0.1, -0.05) is 72.6 Å². The van der Waals surface area contributed by atoms with Gasteiger partial charge in [-0.05, 0) is 18.3 Å². The first-order chi connectivity index (χ1) is 6.70. The summed E-state index contributed by atoms with van der Waals surface area (Å²) in [5.41, 5.74) is 0. The molecule has 0 aliphatic carbocycles. The van der Waals surface area contributed by atoms with E-state index in [9.17, 15) is 0 Å². The van der Waals surface area contributed by atoms with Crippen LogP contribution in [0.1, 0.15) is 79.1 Å². The highest BCUT2D eigenvalue weighted by Gasteiger charge is 2.07. The standard InChI is InChI=1S/C14H30/c1-5-7-8-9-10-11-14(6-2)12-13(3)4/h13-14H,5-12H2,1-4H3. The van der Waals surface area contributed by atoms with Crippen LogP contribution in [-0.4, -0.2) is 0 Å². The molecule has 0 rings (SSSR count). The van der Waals surface area contributed by atoms with Crippen molar-refractivity contribution in [1.29, 1.82) is 0 Å². The second-order valence-electron chi connectivity index (χ2n) is 5.11. The van der Waals surface area contributed by atoms with Crippen LogP contribution in [-0.2, 0) is 0 Å². The monoisotopic (exact) mass is 198 g/mol. The zero-order valence-electron chi connectivity index (χ0n) is 10.8. The normalized spacial score (nSPS) is 13.5. The summed E-state index contributed by atoms with van der Waals surface area (Å²) >= 11 is 0. The largest absolute Gasteiger partial charge is 0.0654 e. The summed E-state index contributed by atoms with van der Waals surface area (Å²) < 4.78 is 0. The van der Waals surface area contributed by atoms with E-state index in [-0.39, 0.29) is 0 Å². The number of unbranched alkanes of at least 4 members (excludes halogenated alkanes) is 4. The first-order valence-electron chi connectivity index (χ1n) is 6.70. The van der Waals surface area contributed by atoms with Crippen molar-refractivity contribution in [1.82, 2.24) is 0 Å². The van der Waals surface area contributed by atoms with Crippen LogP contribution in [0, 0.1) is 11.8 Å².